The van der Waals surface area contributed by atoms with E-state index in [0.29, 0.717) is 37.6 Å². The van der Waals surface area contributed by atoms with E-state index in [1.54, 1.807) is 14.2 Å². The Morgan fingerprint density at radius 1 is 1.07 bits per heavy atom. The molecule has 0 aromatic heterocycles. The smallest absolute Gasteiger partial charge is 0.229 e. The molecule has 4 rings (SSSR count). The number of hydrogen-bond acceptors (Lipinski definition) is 5. The zero-order valence-corrected chi connectivity index (χ0v) is 15.5. The molecule has 0 spiro atoms. The van der Waals surface area contributed by atoms with Crippen LogP contribution in [0, 0.1) is 5.92 Å². The van der Waals surface area contributed by atoms with Crippen LogP contribution >= 0.6 is 0 Å². The first kappa shape index (κ1) is 17.5. The number of rotatable bonds is 5. The molecule has 2 aromatic carbocycles. The van der Waals surface area contributed by atoms with Gasteiger partial charge in [-0.3, -0.25) is 4.79 Å². The van der Waals surface area contributed by atoms with Crippen molar-refractivity contribution in [3.8, 4) is 23.0 Å². The molecule has 1 fully saturated rings. The zero-order valence-electron chi connectivity index (χ0n) is 15.5. The fraction of sp³-hybridized carbons (Fsp3) is 0.381. The van der Waals surface area contributed by atoms with Crippen LogP contribution in [-0.4, -0.2) is 50.8 Å². The van der Waals surface area contributed by atoms with Gasteiger partial charge in [0, 0.05) is 6.07 Å². The molecule has 2 aliphatic heterocycles. The van der Waals surface area contributed by atoms with Crippen LogP contribution in [0.25, 0.3) is 0 Å². The number of carbonyl (C=O) groups is 1. The Morgan fingerprint density at radius 2 is 1.85 bits per heavy atom. The van der Waals surface area contributed by atoms with Crippen LogP contribution in [0.1, 0.15) is 5.56 Å². The maximum Gasteiger partial charge on any atom is 0.229 e. The van der Waals surface area contributed by atoms with Crippen LogP contribution in [0.5, 0.6) is 23.0 Å². The lowest BCUT2D eigenvalue weighted by Crippen LogP contribution is -2.58. The second-order valence-electron chi connectivity index (χ2n) is 6.82. The maximum absolute atomic E-state index is 12.8. The molecule has 1 atom stereocenters. The van der Waals surface area contributed by atoms with Crippen molar-refractivity contribution in [3.05, 3.63) is 48.0 Å². The number of hydrogen-bond donors (Lipinski definition) is 0. The maximum atomic E-state index is 12.8. The fourth-order valence-electron chi connectivity index (χ4n) is 3.48. The Balaban J connectivity index is 1.33. The molecule has 0 unspecified atom stereocenters. The van der Waals surface area contributed by atoms with Crippen LogP contribution in [0.4, 0.5) is 0 Å². The third-order valence-corrected chi connectivity index (χ3v) is 5.05. The first-order valence-electron chi connectivity index (χ1n) is 9.06. The van der Waals surface area contributed by atoms with Gasteiger partial charge in [-0.25, -0.2) is 0 Å². The van der Waals surface area contributed by atoms with Gasteiger partial charge >= 0.3 is 0 Å². The van der Waals surface area contributed by atoms with Gasteiger partial charge in [-0.2, -0.15) is 0 Å². The first-order valence-corrected chi connectivity index (χ1v) is 9.06. The van der Waals surface area contributed by atoms with E-state index in [-0.39, 0.29) is 17.9 Å². The Morgan fingerprint density at radius 3 is 2.59 bits per heavy atom. The summed E-state index contributed by atoms with van der Waals surface area (Å²) in [5.74, 6) is 2.95. The minimum absolute atomic E-state index is 0.00805. The van der Waals surface area contributed by atoms with E-state index in [1.807, 2.05) is 47.4 Å². The van der Waals surface area contributed by atoms with Gasteiger partial charge in [-0.15, -0.1) is 0 Å². The minimum atomic E-state index is -0.155. The Kier molecular flexibility index (Phi) is 4.79. The molecule has 142 valence electrons. The molecule has 2 aliphatic rings. The van der Waals surface area contributed by atoms with Gasteiger partial charge in [0.15, 0.2) is 11.5 Å². The average molecular weight is 369 g/mol. The molecule has 6 nitrogen and oxygen atoms in total. The number of carbonyl (C=O) groups excluding carboxylic acids is 1. The van der Waals surface area contributed by atoms with Crippen molar-refractivity contribution in [1.29, 1.82) is 0 Å². The average Bonchev–Trinajstić information content (AvgIpc) is 2.69. The number of amides is 1. The molecule has 0 N–H and O–H groups in total. The van der Waals surface area contributed by atoms with Gasteiger partial charge in [0.05, 0.1) is 33.2 Å². The summed E-state index contributed by atoms with van der Waals surface area (Å²) in [4.78, 5) is 14.6. The molecule has 0 aliphatic carbocycles. The van der Waals surface area contributed by atoms with E-state index in [1.165, 1.54) is 0 Å². The Bertz CT molecular complexity index is 831. The highest BCUT2D eigenvalue weighted by Crippen LogP contribution is 2.33. The lowest BCUT2D eigenvalue weighted by Gasteiger charge is -2.41. The molecule has 2 aromatic rings. The predicted molar refractivity (Wildman–Crippen MR) is 99.7 cm³/mol. The second kappa shape index (κ2) is 7.39. The first-order chi connectivity index (χ1) is 13.2. The number of fused-ring (bicyclic) bond motifs is 1. The van der Waals surface area contributed by atoms with E-state index in [4.69, 9.17) is 18.9 Å². The van der Waals surface area contributed by atoms with Crippen molar-refractivity contribution in [2.75, 3.05) is 33.9 Å². The molecule has 27 heavy (non-hydrogen) atoms. The number of nitrogens with zero attached hydrogens (tertiary/aromatic N) is 1. The van der Waals surface area contributed by atoms with Crippen molar-refractivity contribution >= 4 is 5.91 Å². The molecule has 0 radical (unpaired) electrons. The van der Waals surface area contributed by atoms with Gasteiger partial charge in [0.1, 0.15) is 24.2 Å². The lowest BCUT2D eigenvalue weighted by atomic mass is 9.94. The standard InChI is InChI=1S/C21H23NO5/c1-24-16-8-7-14-9-15(13-26-20(14)10-16)21(23)22-11-17(12-22)27-19-6-4-3-5-18(19)25-2/h3-8,10,15,17H,9,11-13H2,1-2H3/t15-/m1/s1. The summed E-state index contributed by atoms with van der Waals surface area (Å²) in [7, 11) is 3.25. The topological polar surface area (TPSA) is 57.2 Å². The number of likely N-dealkylation sites (tertiary alicyclic amines) is 1. The number of para-hydroxylation sites is 2. The molecule has 1 saturated heterocycles. The zero-order chi connectivity index (χ0) is 18.8. The quantitative estimate of drug-likeness (QED) is 0.811. The summed E-state index contributed by atoms with van der Waals surface area (Å²) in [5, 5.41) is 0. The van der Waals surface area contributed by atoms with Gasteiger partial charge in [-0.1, -0.05) is 18.2 Å². The monoisotopic (exact) mass is 369 g/mol. The highest BCUT2D eigenvalue weighted by molar-refractivity contribution is 5.80. The molecule has 1 amide bonds. The van der Waals surface area contributed by atoms with Crippen LogP contribution in [0.3, 0.4) is 0 Å². The van der Waals surface area contributed by atoms with Crippen molar-refractivity contribution in [3.63, 3.8) is 0 Å². The SMILES string of the molecule is COc1ccc2c(c1)OC[C@H](C(=O)N1CC(Oc3ccccc3OC)C1)C2. The predicted octanol–water partition coefficient (Wildman–Crippen LogP) is 2.54. The third kappa shape index (κ3) is 3.52. The highest BCUT2D eigenvalue weighted by Gasteiger charge is 2.37. The summed E-state index contributed by atoms with van der Waals surface area (Å²) in [6.07, 6.45) is 0.679. The van der Waals surface area contributed by atoms with E-state index >= 15 is 0 Å². The molecule has 2 heterocycles. The van der Waals surface area contributed by atoms with E-state index in [2.05, 4.69) is 0 Å². The van der Waals surface area contributed by atoms with E-state index in [9.17, 15) is 4.79 Å². The summed E-state index contributed by atoms with van der Waals surface area (Å²) < 4.78 is 22.3. The molecule has 0 bridgehead atoms. The second-order valence-corrected chi connectivity index (χ2v) is 6.82. The summed E-state index contributed by atoms with van der Waals surface area (Å²) in [5.41, 5.74) is 1.04. The molecule has 0 saturated carbocycles. The number of benzene rings is 2. The third-order valence-electron chi connectivity index (χ3n) is 5.05. The van der Waals surface area contributed by atoms with Gasteiger partial charge < -0.3 is 23.8 Å². The van der Waals surface area contributed by atoms with Gasteiger partial charge in [0.25, 0.3) is 0 Å². The fourth-order valence-corrected chi connectivity index (χ4v) is 3.48. The minimum Gasteiger partial charge on any atom is -0.497 e. The molecular weight excluding hydrogens is 346 g/mol. The van der Waals surface area contributed by atoms with Crippen molar-refractivity contribution in [2.45, 2.75) is 12.5 Å². The van der Waals surface area contributed by atoms with Crippen molar-refractivity contribution in [1.82, 2.24) is 4.90 Å². The normalized spacial score (nSPS) is 18.7. The Hall–Kier alpha value is -2.89. The van der Waals surface area contributed by atoms with Crippen molar-refractivity contribution in [2.24, 2.45) is 5.92 Å². The van der Waals surface area contributed by atoms with E-state index < -0.39 is 0 Å². The highest BCUT2D eigenvalue weighted by atomic mass is 16.5. The Labute approximate surface area is 158 Å². The lowest BCUT2D eigenvalue weighted by molar-refractivity contribution is -0.145. The largest absolute Gasteiger partial charge is 0.497 e. The molecule has 6 heteroatoms. The number of ether oxygens (including phenoxy) is 4. The summed E-state index contributed by atoms with van der Waals surface area (Å²) in [6, 6.07) is 13.3. The van der Waals surface area contributed by atoms with Gasteiger partial charge in [0.2, 0.25) is 5.91 Å². The summed E-state index contributed by atoms with van der Waals surface area (Å²) >= 11 is 0. The number of methoxy groups -OCH3 is 2. The van der Waals surface area contributed by atoms with Crippen molar-refractivity contribution < 1.29 is 23.7 Å². The van der Waals surface area contributed by atoms with Crippen LogP contribution in [-0.2, 0) is 11.2 Å². The van der Waals surface area contributed by atoms with Gasteiger partial charge in [-0.05, 0) is 30.2 Å². The van der Waals surface area contributed by atoms with E-state index in [0.717, 1.165) is 17.1 Å². The van der Waals surface area contributed by atoms with Crippen LogP contribution in [0.2, 0.25) is 0 Å². The molecular formula is C21H23NO5. The van der Waals surface area contributed by atoms with Crippen LogP contribution in [0.15, 0.2) is 42.5 Å². The summed E-state index contributed by atoms with van der Waals surface area (Å²) in [6.45, 7) is 1.57. The van der Waals surface area contributed by atoms with Crippen LogP contribution < -0.4 is 18.9 Å².